The minimum absolute atomic E-state index is 0.0912. The lowest BCUT2D eigenvalue weighted by Crippen LogP contribution is -2.45. The molecule has 1 saturated heterocycles. The highest BCUT2D eigenvalue weighted by Gasteiger charge is 2.35. The fourth-order valence-corrected chi connectivity index (χ4v) is 3.11. The minimum Gasteiger partial charge on any atom is -0.311 e. The van der Waals surface area contributed by atoms with Gasteiger partial charge in [0.05, 0.1) is 5.92 Å². The number of nitrogens with zero attached hydrogens (tertiary/aromatic N) is 1. The Morgan fingerprint density at radius 3 is 2.46 bits per heavy atom. The summed E-state index contributed by atoms with van der Waals surface area (Å²) in [4.78, 5) is 38.3. The standard InChI is InChI=1S/C20H21N3O3/c1-13-8-9-17(14(2)10-13)23-12-16(11-18(23)24)20(26)22-21-19(25)15-6-4-3-5-7-15/h3-10,16H,11-12H2,1-2H3,(H,21,25)(H,22,26)/t16-/m1/s1. The quantitative estimate of drug-likeness (QED) is 0.832. The third kappa shape index (κ3) is 3.74. The van der Waals surface area contributed by atoms with Gasteiger partial charge in [0.15, 0.2) is 0 Å². The molecule has 3 rings (SSSR count). The molecular weight excluding hydrogens is 330 g/mol. The van der Waals surface area contributed by atoms with E-state index in [1.54, 1.807) is 35.2 Å². The Morgan fingerprint density at radius 1 is 1.04 bits per heavy atom. The van der Waals surface area contributed by atoms with Gasteiger partial charge in [0.1, 0.15) is 0 Å². The van der Waals surface area contributed by atoms with Gasteiger partial charge in [-0.2, -0.15) is 0 Å². The second kappa shape index (κ2) is 7.39. The van der Waals surface area contributed by atoms with Crippen LogP contribution in [-0.2, 0) is 9.59 Å². The first-order valence-corrected chi connectivity index (χ1v) is 8.48. The Balaban J connectivity index is 1.61. The first-order chi connectivity index (χ1) is 12.5. The van der Waals surface area contributed by atoms with Crippen LogP contribution in [0.2, 0.25) is 0 Å². The van der Waals surface area contributed by atoms with E-state index in [0.717, 1.165) is 16.8 Å². The molecule has 0 radical (unpaired) electrons. The SMILES string of the molecule is Cc1ccc(N2C[C@H](C(=O)NNC(=O)c3ccccc3)CC2=O)c(C)c1. The van der Waals surface area contributed by atoms with Crippen molar-refractivity contribution in [1.82, 2.24) is 10.9 Å². The molecule has 3 amide bonds. The maximum absolute atomic E-state index is 12.3. The van der Waals surface area contributed by atoms with Gasteiger partial charge in [-0.3, -0.25) is 25.2 Å². The lowest BCUT2D eigenvalue weighted by atomic mass is 10.1. The van der Waals surface area contributed by atoms with Crippen LogP contribution >= 0.6 is 0 Å². The zero-order valence-corrected chi connectivity index (χ0v) is 14.8. The lowest BCUT2D eigenvalue weighted by molar-refractivity contribution is -0.126. The molecule has 0 aromatic heterocycles. The summed E-state index contributed by atoms with van der Waals surface area (Å²) in [5.74, 6) is -1.35. The number of anilines is 1. The van der Waals surface area contributed by atoms with Crippen LogP contribution in [0.25, 0.3) is 0 Å². The lowest BCUT2D eigenvalue weighted by Gasteiger charge is -2.19. The number of benzene rings is 2. The average Bonchev–Trinajstić information content (AvgIpc) is 3.02. The fraction of sp³-hybridized carbons (Fsp3) is 0.250. The summed E-state index contributed by atoms with van der Waals surface area (Å²) < 4.78 is 0. The molecule has 1 aliphatic heterocycles. The minimum atomic E-state index is -0.501. The van der Waals surface area contributed by atoms with Crippen molar-refractivity contribution in [3.63, 3.8) is 0 Å². The predicted octanol–water partition coefficient (Wildman–Crippen LogP) is 2.12. The van der Waals surface area contributed by atoms with E-state index in [4.69, 9.17) is 0 Å². The van der Waals surface area contributed by atoms with Gasteiger partial charge in [-0.25, -0.2) is 0 Å². The third-order valence-electron chi connectivity index (χ3n) is 4.47. The first kappa shape index (κ1) is 17.7. The van der Waals surface area contributed by atoms with Crippen LogP contribution in [-0.4, -0.2) is 24.3 Å². The number of amides is 3. The van der Waals surface area contributed by atoms with Crippen LogP contribution in [0.5, 0.6) is 0 Å². The van der Waals surface area contributed by atoms with E-state index in [2.05, 4.69) is 10.9 Å². The first-order valence-electron chi connectivity index (χ1n) is 8.48. The summed E-state index contributed by atoms with van der Waals surface area (Å²) in [5, 5.41) is 0. The highest BCUT2D eigenvalue weighted by Crippen LogP contribution is 2.28. The number of hydrogen-bond acceptors (Lipinski definition) is 3. The van der Waals surface area contributed by atoms with Gasteiger partial charge >= 0.3 is 0 Å². The summed E-state index contributed by atoms with van der Waals surface area (Å²) in [6, 6.07) is 14.5. The van der Waals surface area contributed by atoms with Crippen molar-refractivity contribution in [3.05, 3.63) is 65.2 Å². The van der Waals surface area contributed by atoms with Crippen molar-refractivity contribution in [1.29, 1.82) is 0 Å². The maximum Gasteiger partial charge on any atom is 0.269 e. The molecule has 1 fully saturated rings. The number of hydrogen-bond donors (Lipinski definition) is 2. The molecule has 2 N–H and O–H groups in total. The molecule has 0 bridgehead atoms. The number of hydrazine groups is 1. The van der Waals surface area contributed by atoms with Crippen LogP contribution in [0, 0.1) is 19.8 Å². The van der Waals surface area contributed by atoms with Crippen LogP contribution < -0.4 is 15.8 Å². The molecular formula is C20H21N3O3. The van der Waals surface area contributed by atoms with Crippen molar-refractivity contribution in [2.45, 2.75) is 20.3 Å². The summed E-state index contributed by atoms with van der Waals surface area (Å²) in [7, 11) is 0. The molecule has 134 valence electrons. The average molecular weight is 351 g/mol. The summed E-state index contributed by atoms with van der Waals surface area (Å²) in [5.41, 5.74) is 8.21. The van der Waals surface area contributed by atoms with Gasteiger partial charge in [-0.15, -0.1) is 0 Å². The second-order valence-corrected chi connectivity index (χ2v) is 6.50. The monoisotopic (exact) mass is 351 g/mol. The highest BCUT2D eigenvalue weighted by atomic mass is 16.2. The molecule has 0 spiro atoms. The van der Waals surface area contributed by atoms with Gasteiger partial charge in [0, 0.05) is 24.2 Å². The van der Waals surface area contributed by atoms with E-state index in [0.29, 0.717) is 12.1 Å². The number of carbonyl (C=O) groups excluding carboxylic acids is 3. The molecule has 2 aromatic rings. The van der Waals surface area contributed by atoms with E-state index in [9.17, 15) is 14.4 Å². The van der Waals surface area contributed by atoms with Crippen molar-refractivity contribution < 1.29 is 14.4 Å². The maximum atomic E-state index is 12.3. The van der Waals surface area contributed by atoms with E-state index in [1.165, 1.54) is 0 Å². The molecule has 0 aliphatic carbocycles. The van der Waals surface area contributed by atoms with E-state index >= 15 is 0 Å². The van der Waals surface area contributed by atoms with Crippen LogP contribution in [0.4, 0.5) is 5.69 Å². The summed E-state index contributed by atoms with van der Waals surface area (Å²) in [6.07, 6.45) is 0.125. The van der Waals surface area contributed by atoms with Crippen molar-refractivity contribution in [3.8, 4) is 0 Å². The van der Waals surface area contributed by atoms with E-state index in [-0.39, 0.29) is 18.2 Å². The summed E-state index contributed by atoms with van der Waals surface area (Å²) in [6.45, 7) is 4.24. The van der Waals surface area contributed by atoms with Gasteiger partial charge in [-0.05, 0) is 37.6 Å². The number of carbonyl (C=O) groups is 3. The Morgan fingerprint density at radius 2 is 1.77 bits per heavy atom. The highest BCUT2D eigenvalue weighted by molar-refractivity contribution is 6.01. The third-order valence-corrected chi connectivity index (χ3v) is 4.47. The molecule has 1 atom stereocenters. The van der Waals surface area contributed by atoms with Crippen LogP contribution in [0.15, 0.2) is 48.5 Å². The van der Waals surface area contributed by atoms with Gasteiger partial charge in [0.2, 0.25) is 11.8 Å². The van der Waals surface area contributed by atoms with Gasteiger partial charge in [0.25, 0.3) is 5.91 Å². The molecule has 0 unspecified atom stereocenters. The van der Waals surface area contributed by atoms with Crippen molar-refractivity contribution >= 4 is 23.4 Å². The van der Waals surface area contributed by atoms with E-state index < -0.39 is 11.8 Å². The Hall–Kier alpha value is -3.15. The zero-order chi connectivity index (χ0) is 18.7. The van der Waals surface area contributed by atoms with Crippen LogP contribution in [0.3, 0.4) is 0 Å². The number of aryl methyl sites for hydroxylation is 2. The van der Waals surface area contributed by atoms with E-state index in [1.807, 2.05) is 32.0 Å². The largest absolute Gasteiger partial charge is 0.311 e. The number of nitrogens with one attached hydrogen (secondary N) is 2. The molecule has 1 aliphatic rings. The number of rotatable bonds is 3. The molecule has 0 saturated carbocycles. The van der Waals surface area contributed by atoms with Crippen LogP contribution in [0.1, 0.15) is 27.9 Å². The fourth-order valence-electron chi connectivity index (χ4n) is 3.11. The van der Waals surface area contributed by atoms with Gasteiger partial charge < -0.3 is 4.90 Å². The topological polar surface area (TPSA) is 78.5 Å². The molecule has 26 heavy (non-hydrogen) atoms. The zero-order valence-electron chi connectivity index (χ0n) is 14.8. The van der Waals surface area contributed by atoms with Crippen molar-refractivity contribution in [2.75, 3.05) is 11.4 Å². The molecule has 1 heterocycles. The van der Waals surface area contributed by atoms with Gasteiger partial charge in [-0.1, -0.05) is 35.9 Å². The predicted molar refractivity (Wildman–Crippen MR) is 98.4 cm³/mol. The Bertz CT molecular complexity index is 849. The molecule has 2 aromatic carbocycles. The summed E-state index contributed by atoms with van der Waals surface area (Å²) >= 11 is 0. The Labute approximate surface area is 152 Å². The normalized spacial score (nSPS) is 16.5. The van der Waals surface area contributed by atoms with Crippen molar-refractivity contribution in [2.24, 2.45) is 5.92 Å². The Kier molecular flexibility index (Phi) is 5.02. The molecule has 6 nitrogen and oxygen atoms in total. The smallest absolute Gasteiger partial charge is 0.269 e. The second-order valence-electron chi connectivity index (χ2n) is 6.50. The molecule has 6 heteroatoms.